The third-order valence-electron chi connectivity index (χ3n) is 0.101. The van der Waals surface area contributed by atoms with Crippen LogP contribution in [0.1, 0.15) is 0 Å². The molecule has 0 aliphatic rings. The molecule has 3 heteroatoms. The van der Waals surface area contributed by atoms with Gasteiger partial charge in [-0.25, -0.2) is 4.39 Å². The summed E-state index contributed by atoms with van der Waals surface area (Å²) in [6.45, 7) is 0. The maximum Gasteiger partial charge on any atom is 0.240 e. The van der Waals surface area contributed by atoms with Gasteiger partial charge < -0.3 is 0 Å². The van der Waals surface area contributed by atoms with Gasteiger partial charge in [0.25, 0.3) is 0 Å². The van der Waals surface area contributed by atoms with Crippen molar-refractivity contribution in [1.82, 2.24) is 0 Å². The van der Waals surface area contributed by atoms with Crippen molar-refractivity contribution < 1.29 is 4.39 Å². The average molecular weight is 207 g/mol. The van der Waals surface area contributed by atoms with Crippen LogP contribution in [0.3, 0.4) is 0 Å². The zero-order valence-electron chi connectivity index (χ0n) is 2.34. The Bertz CT molecular complexity index is 23.6. The summed E-state index contributed by atoms with van der Waals surface area (Å²) in [6.07, 6.45) is 0. The van der Waals surface area contributed by atoms with E-state index in [1.807, 2.05) is 22.6 Å². The van der Waals surface area contributed by atoms with Crippen LogP contribution in [-0.2, 0) is 0 Å². The lowest BCUT2D eigenvalue weighted by molar-refractivity contribution is 0.601. The van der Waals surface area contributed by atoms with E-state index < -0.39 is 5.63 Å². The van der Waals surface area contributed by atoms with Crippen molar-refractivity contribution in [3.05, 3.63) is 5.63 Å². The molecule has 0 aromatic carbocycles. The third-order valence-corrected chi connectivity index (χ3v) is 1.36. The Morgan fingerprint density at radius 3 is 2.20 bits per heavy atom. The molecule has 0 heterocycles. The molecule has 0 nitrogen and oxygen atoms in total. The second-order valence-electron chi connectivity index (χ2n) is 0.472. The van der Waals surface area contributed by atoms with Crippen molar-refractivity contribution >= 4 is 34.2 Å². The van der Waals surface area contributed by atoms with Crippen LogP contribution < -0.4 is 0 Å². The quantitative estimate of drug-likeness (QED) is 0.456. The van der Waals surface area contributed by atoms with Crippen LogP contribution >= 0.6 is 34.2 Å². The van der Waals surface area contributed by atoms with E-state index in [4.69, 9.17) is 11.6 Å². The van der Waals surface area contributed by atoms with Crippen LogP contribution in [0.25, 0.3) is 0 Å². The molecule has 1 radical (unpaired) electrons. The van der Waals surface area contributed by atoms with Gasteiger partial charge in [-0.2, -0.15) is 0 Å². The molecule has 0 N–H and O–H groups in total. The zero-order valence-corrected chi connectivity index (χ0v) is 5.25. The Morgan fingerprint density at radius 2 is 2.20 bits per heavy atom. The van der Waals surface area contributed by atoms with Crippen molar-refractivity contribution in [2.24, 2.45) is 0 Å². The summed E-state index contributed by atoms with van der Waals surface area (Å²) in [6, 6.07) is 0. The number of hydrogen-bond acceptors (Lipinski definition) is 0. The Kier molecular flexibility index (Phi) is 3.75. The normalized spacial score (nSPS) is 9.60. The van der Waals surface area contributed by atoms with Gasteiger partial charge in [0, 0.05) is 0 Å². The predicted octanol–water partition coefficient (Wildman–Crippen LogP) is 2.12. The van der Waals surface area contributed by atoms with Gasteiger partial charge in [-0.3, -0.25) is 0 Å². The molecule has 0 aliphatic heterocycles. The minimum absolute atomic E-state index is 0.291. The van der Waals surface area contributed by atoms with E-state index in [0.717, 1.165) is 0 Å². The number of rotatable bonds is 1. The van der Waals surface area contributed by atoms with Gasteiger partial charge in [0.1, 0.15) is 0 Å². The molecule has 0 bridgehead atoms. The average Bonchev–Trinajstić information content (AvgIpc) is 1.38. The van der Waals surface area contributed by atoms with E-state index in [1.165, 1.54) is 0 Å². The highest BCUT2D eigenvalue weighted by molar-refractivity contribution is 14.1. The first kappa shape index (κ1) is 5.95. The molecule has 5 heavy (non-hydrogen) atoms. The molecule has 0 aromatic rings. The standard InChI is InChI=1S/C2H2ClFI/c3-2(4)1-5/h1H2. The van der Waals surface area contributed by atoms with Crippen molar-refractivity contribution in [3.8, 4) is 0 Å². The summed E-state index contributed by atoms with van der Waals surface area (Å²) < 4.78 is 11.4. The Hall–Kier alpha value is 0.950. The first-order chi connectivity index (χ1) is 2.27. The lowest BCUT2D eigenvalue weighted by atomic mass is 10.9. The molecular weight excluding hydrogens is 205 g/mol. The zero-order chi connectivity index (χ0) is 4.28. The number of alkyl halides is 1. The van der Waals surface area contributed by atoms with Gasteiger partial charge in [0.2, 0.25) is 5.63 Å². The van der Waals surface area contributed by atoms with Crippen LogP contribution in [-0.4, -0.2) is 4.43 Å². The van der Waals surface area contributed by atoms with Crippen LogP contribution in [0.4, 0.5) is 4.39 Å². The lowest BCUT2D eigenvalue weighted by Crippen LogP contribution is -1.70. The largest absolute Gasteiger partial charge is 0.240 e. The highest BCUT2D eigenvalue weighted by Crippen LogP contribution is 2.09. The van der Waals surface area contributed by atoms with Crippen LogP contribution in [0.2, 0.25) is 0 Å². The molecule has 0 aliphatic carbocycles. The molecular formula is C2H2ClFI. The molecule has 0 saturated heterocycles. The molecule has 0 aromatic heterocycles. The minimum Gasteiger partial charge on any atom is -0.220 e. The van der Waals surface area contributed by atoms with Gasteiger partial charge in [-0.05, 0) is 0 Å². The van der Waals surface area contributed by atoms with Gasteiger partial charge >= 0.3 is 0 Å². The smallest absolute Gasteiger partial charge is 0.220 e. The van der Waals surface area contributed by atoms with E-state index in [-0.39, 0.29) is 0 Å². The first-order valence-corrected chi connectivity index (χ1v) is 2.90. The van der Waals surface area contributed by atoms with Crippen molar-refractivity contribution in [3.63, 3.8) is 0 Å². The molecule has 0 saturated carbocycles. The highest BCUT2D eigenvalue weighted by Gasteiger charge is 1.93. The molecule has 0 fully saturated rings. The van der Waals surface area contributed by atoms with Crippen molar-refractivity contribution in [2.45, 2.75) is 0 Å². The fourth-order valence-corrected chi connectivity index (χ4v) is 0. The molecule has 0 spiro atoms. The molecule has 0 amide bonds. The van der Waals surface area contributed by atoms with E-state index in [2.05, 4.69) is 0 Å². The van der Waals surface area contributed by atoms with Gasteiger partial charge in [-0.1, -0.05) is 34.2 Å². The lowest BCUT2D eigenvalue weighted by Gasteiger charge is -1.78. The summed E-state index contributed by atoms with van der Waals surface area (Å²) in [7, 11) is 0. The van der Waals surface area contributed by atoms with E-state index in [9.17, 15) is 4.39 Å². The fourth-order valence-electron chi connectivity index (χ4n) is 0. The molecule has 0 rings (SSSR count). The van der Waals surface area contributed by atoms with Crippen LogP contribution in [0, 0.1) is 5.63 Å². The summed E-state index contributed by atoms with van der Waals surface area (Å²) >= 11 is 6.54. The second-order valence-corrected chi connectivity index (χ2v) is 1.65. The van der Waals surface area contributed by atoms with E-state index in [0.29, 0.717) is 4.43 Å². The molecule has 0 atom stereocenters. The number of hydrogen-bond donors (Lipinski definition) is 0. The summed E-state index contributed by atoms with van der Waals surface area (Å²) in [4.78, 5) is 0. The maximum atomic E-state index is 11.1. The topological polar surface area (TPSA) is 0 Å². The summed E-state index contributed by atoms with van der Waals surface area (Å²) in [5.41, 5.74) is -0.536. The van der Waals surface area contributed by atoms with Gasteiger partial charge in [-0.15, -0.1) is 0 Å². The summed E-state index contributed by atoms with van der Waals surface area (Å²) in [5, 5.41) is 0. The van der Waals surface area contributed by atoms with E-state index >= 15 is 0 Å². The molecule has 0 unspecified atom stereocenters. The van der Waals surface area contributed by atoms with Crippen molar-refractivity contribution in [2.75, 3.05) is 4.43 Å². The van der Waals surface area contributed by atoms with Crippen molar-refractivity contribution in [1.29, 1.82) is 0 Å². The van der Waals surface area contributed by atoms with Crippen LogP contribution in [0.15, 0.2) is 0 Å². The third kappa shape index (κ3) is 4.95. The van der Waals surface area contributed by atoms with Crippen LogP contribution in [0.5, 0.6) is 0 Å². The predicted molar refractivity (Wildman–Crippen MR) is 29.1 cm³/mol. The summed E-state index contributed by atoms with van der Waals surface area (Å²) in [5.74, 6) is 0. The number of halogens is 3. The van der Waals surface area contributed by atoms with Gasteiger partial charge in [0.05, 0.1) is 4.43 Å². The molecule has 31 valence electrons. The van der Waals surface area contributed by atoms with Gasteiger partial charge in [0.15, 0.2) is 0 Å². The minimum atomic E-state index is -0.536. The van der Waals surface area contributed by atoms with E-state index in [1.54, 1.807) is 0 Å². The second kappa shape index (κ2) is 3.15. The Labute approximate surface area is 48.8 Å². The Balaban J connectivity index is 2.54. The highest BCUT2D eigenvalue weighted by atomic mass is 127. The Morgan fingerprint density at radius 1 is 2.00 bits per heavy atom. The maximum absolute atomic E-state index is 11.1. The fraction of sp³-hybridized carbons (Fsp3) is 0.500. The first-order valence-electron chi connectivity index (χ1n) is 0.999. The monoisotopic (exact) mass is 207 g/mol. The SMILES string of the molecule is F[C](Cl)CI.